The van der Waals surface area contributed by atoms with Crippen LogP contribution in [0.3, 0.4) is 0 Å². The highest BCUT2D eigenvalue weighted by Gasteiger charge is 2.23. The Hall–Kier alpha value is -1.26. The van der Waals surface area contributed by atoms with E-state index in [0.29, 0.717) is 12.6 Å². The first-order chi connectivity index (χ1) is 9.38. The molecule has 0 saturated carbocycles. The largest absolute Gasteiger partial charge is 0.490 e. The number of nitrogens with zero attached hydrogens (tertiary/aromatic N) is 1. The lowest BCUT2D eigenvalue weighted by Gasteiger charge is -2.27. The average molecular weight is 262 g/mol. The van der Waals surface area contributed by atoms with Crippen LogP contribution in [0.15, 0.2) is 18.2 Å². The van der Waals surface area contributed by atoms with Crippen molar-refractivity contribution in [3.05, 3.63) is 23.8 Å². The molecule has 0 amide bonds. The molecule has 1 fully saturated rings. The van der Waals surface area contributed by atoms with Crippen molar-refractivity contribution in [2.24, 2.45) is 5.73 Å². The SMILES string of the molecule is NCC(c1ccc2c(c1)OCCCO2)N1CCCC1. The van der Waals surface area contributed by atoms with Gasteiger partial charge in [0.2, 0.25) is 0 Å². The fourth-order valence-corrected chi connectivity index (χ4v) is 2.94. The van der Waals surface area contributed by atoms with E-state index in [-0.39, 0.29) is 0 Å². The molecular weight excluding hydrogens is 240 g/mol. The molecular formula is C15H22N2O2. The maximum absolute atomic E-state index is 5.98. The van der Waals surface area contributed by atoms with Gasteiger partial charge in [0.05, 0.1) is 13.2 Å². The van der Waals surface area contributed by atoms with Crippen LogP contribution in [0.1, 0.15) is 30.9 Å². The molecule has 0 spiro atoms. The van der Waals surface area contributed by atoms with E-state index >= 15 is 0 Å². The second kappa shape index (κ2) is 5.80. The highest BCUT2D eigenvalue weighted by atomic mass is 16.5. The first-order valence-corrected chi connectivity index (χ1v) is 7.22. The molecule has 2 aliphatic heterocycles. The number of nitrogens with two attached hydrogens (primary N) is 1. The van der Waals surface area contributed by atoms with Gasteiger partial charge in [-0.3, -0.25) is 4.90 Å². The van der Waals surface area contributed by atoms with Gasteiger partial charge in [-0.05, 0) is 43.6 Å². The summed E-state index contributed by atoms with van der Waals surface area (Å²) in [4.78, 5) is 2.47. The molecule has 1 saturated heterocycles. The topological polar surface area (TPSA) is 47.7 Å². The zero-order valence-corrected chi connectivity index (χ0v) is 11.3. The van der Waals surface area contributed by atoms with Crippen LogP contribution in [0.5, 0.6) is 11.5 Å². The second-order valence-electron chi connectivity index (χ2n) is 5.25. The Kier molecular flexibility index (Phi) is 3.89. The Morgan fingerprint density at radius 2 is 1.79 bits per heavy atom. The highest BCUT2D eigenvalue weighted by Crippen LogP contribution is 2.34. The summed E-state index contributed by atoms with van der Waals surface area (Å²) in [5, 5.41) is 0. The molecule has 3 rings (SSSR count). The quantitative estimate of drug-likeness (QED) is 0.904. The van der Waals surface area contributed by atoms with Gasteiger partial charge in [0.25, 0.3) is 0 Å². The third-order valence-corrected chi connectivity index (χ3v) is 3.96. The minimum atomic E-state index is 0.305. The van der Waals surface area contributed by atoms with E-state index in [4.69, 9.17) is 15.2 Å². The molecule has 1 aromatic carbocycles. The smallest absolute Gasteiger partial charge is 0.161 e. The fraction of sp³-hybridized carbons (Fsp3) is 0.600. The third-order valence-electron chi connectivity index (χ3n) is 3.96. The average Bonchev–Trinajstić information content (AvgIpc) is 2.85. The molecule has 0 aromatic heterocycles. The van der Waals surface area contributed by atoms with Gasteiger partial charge in [0.1, 0.15) is 0 Å². The summed E-state index contributed by atoms with van der Waals surface area (Å²) in [6.45, 7) is 4.42. The van der Waals surface area contributed by atoms with Gasteiger partial charge in [-0.2, -0.15) is 0 Å². The van der Waals surface area contributed by atoms with Crippen LogP contribution in [0, 0.1) is 0 Å². The van der Waals surface area contributed by atoms with Crippen molar-refractivity contribution in [3.63, 3.8) is 0 Å². The van der Waals surface area contributed by atoms with Gasteiger partial charge < -0.3 is 15.2 Å². The van der Waals surface area contributed by atoms with Crippen molar-refractivity contribution in [1.82, 2.24) is 4.90 Å². The predicted molar refractivity (Wildman–Crippen MR) is 74.7 cm³/mol. The molecule has 0 radical (unpaired) electrons. The minimum Gasteiger partial charge on any atom is -0.490 e. The lowest BCUT2D eigenvalue weighted by Crippen LogP contribution is -2.31. The second-order valence-corrected chi connectivity index (χ2v) is 5.25. The number of fused-ring (bicyclic) bond motifs is 1. The first-order valence-electron chi connectivity index (χ1n) is 7.22. The van der Waals surface area contributed by atoms with Gasteiger partial charge in [-0.25, -0.2) is 0 Å². The van der Waals surface area contributed by atoms with Crippen molar-refractivity contribution in [1.29, 1.82) is 0 Å². The van der Waals surface area contributed by atoms with Crippen molar-refractivity contribution >= 4 is 0 Å². The van der Waals surface area contributed by atoms with E-state index in [1.165, 1.54) is 18.4 Å². The maximum Gasteiger partial charge on any atom is 0.161 e. The van der Waals surface area contributed by atoms with Gasteiger partial charge in [-0.15, -0.1) is 0 Å². The Morgan fingerprint density at radius 3 is 2.53 bits per heavy atom. The minimum absolute atomic E-state index is 0.305. The molecule has 1 aromatic rings. The van der Waals surface area contributed by atoms with E-state index in [1.807, 2.05) is 6.07 Å². The Balaban J connectivity index is 1.85. The van der Waals surface area contributed by atoms with Crippen LogP contribution in [0.2, 0.25) is 0 Å². The van der Waals surface area contributed by atoms with Crippen molar-refractivity contribution in [2.45, 2.75) is 25.3 Å². The molecule has 2 aliphatic rings. The zero-order chi connectivity index (χ0) is 13.1. The van der Waals surface area contributed by atoms with Crippen LogP contribution in [-0.4, -0.2) is 37.7 Å². The maximum atomic E-state index is 5.98. The Labute approximate surface area is 114 Å². The lowest BCUT2D eigenvalue weighted by molar-refractivity contribution is 0.250. The van der Waals surface area contributed by atoms with Crippen LogP contribution >= 0.6 is 0 Å². The van der Waals surface area contributed by atoms with E-state index in [0.717, 1.165) is 44.2 Å². The monoisotopic (exact) mass is 262 g/mol. The predicted octanol–water partition coefficient (Wildman–Crippen LogP) is 1.94. The van der Waals surface area contributed by atoms with Crippen LogP contribution < -0.4 is 15.2 Å². The molecule has 2 N–H and O–H groups in total. The third kappa shape index (κ3) is 2.69. The molecule has 1 unspecified atom stereocenters. The van der Waals surface area contributed by atoms with E-state index in [2.05, 4.69) is 17.0 Å². The summed E-state index contributed by atoms with van der Waals surface area (Å²) >= 11 is 0. The molecule has 104 valence electrons. The number of benzene rings is 1. The Bertz CT molecular complexity index is 430. The number of rotatable bonds is 3. The van der Waals surface area contributed by atoms with E-state index < -0.39 is 0 Å². The molecule has 0 bridgehead atoms. The number of hydrogen-bond donors (Lipinski definition) is 1. The highest BCUT2D eigenvalue weighted by molar-refractivity contribution is 5.44. The summed E-state index contributed by atoms with van der Waals surface area (Å²) in [5.41, 5.74) is 7.22. The van der Waals surface area contributed by atoms with E-state index in [1.54, 1.807) is 0 Å². The number of hydrogen-bond acceptors (Lipinski definition) is 4. The lowest BCUT2D eigenvalue weighted by atomic mass is 10.0. The number of likely N-dealkylation sites (tertiary alicyclic amines) is 1. The summed E-state index contributed by atoms with van der Waals surface area (Å²) in [7, 11) is 0. The zero-order valence-electron chi connectivity index (χ0n) is 11.3. The molecule has 4 heteroatoms. The van der Waals surface area contributed by atoms with Crippen LogP contribution in [0.4, 0.5) is 0 Å². The number of ether oxygens (including phenoxy) is 2. The normalized spacial score (nSPS) is 21.1. The van der Waals surface area contributed by atoms with Crippen molar-refractivity contribution in [3.8, 4) is 11.5 Å². The molecule has 4 nitrogen and oxygen atoms in total. The summed E-state index contributed by atoms with van der Waals surface area (Å²) in [5.74, 6) is 1.73. The Morgan fingerprint density at radius 1 is 1.05 bits per heavy atom. The van der Waals surface area contributed by atoms with Gasteiger partial charge >= 0.3 is 0 Å². The van der Waals surface area contributed by atoms with E-state index in [9.17, 15) is 0 Å². The van der Waals surface area contributed by atoms with Crippen molar-refractivity contribution < 1.29 is 9.47 Å². The van der Waals surface area contributed by atoms with Gasteiger partial charge in [-0.1, -0.05) is 6.07 Å². The first kappa shape index (κ1) is 12.8. The summed E-state index contributed by atoms with van der Waals surface area (Å²) in [6.07, 6.45) is 3.50. The summed E-state index contributed by atoms with van der Waals surface area (Å²) < 4.78 is 11.4. The standard InChI is InChI=1S/C15H22N2O2/c16-11-13(17-6-1-2-7-17)12-4-5-14-15(10-12)19-9-3-8-18-14/h4-5,10,13H,1-3,6-9,11,16H2. The molecule has 19 heavy (non-hydrogen) atoms. The molecule has 0 aliphatic carbocycles. The molecule has 2 heterocycles. The fourth-order valence-electron chi connectivity index (χ4n) is 2.94. The van der Waals surface area contributed by atoms with Gasteiger partial charge in [0.15, 0.2) is 11.5 Å². The summed E-state index contributed by atoms with van der Waals surface area (Å²) in [6, 6.07) is 6.56. The van der Waals surface area contributed by atoms with Crippen LogP contribution in [0.25, 0.3) is 0 Å². The van der Waals surface area contributed by atoms with Gasteiger partial charge in [0, 0.05) is 19.0 Å². The molecule has 1 atom stereocenters. The van der Waals surface area contributed by atoms with Crippen molar-refractivity contribution in [2.75, 3.05) is 32.8 Å². The van der Waals surface area contributed by atoms with Crippen LogP contribution in [-0.2, 0) is 0 Å².